The molecular formula is C27H18N4O5S. The van der Waals surface area contributed by atoms with E-state index in [0.29, 0.717) is 27.8 Å². The number of amides is 2. The summed E-state index contributed by atoms with van der Waals surface area (Å²) < 4.78 is 31.8. The van der Waals surface area contributed by atoms with Gasteiger partial charge in [-0.25, -0.2) is 4.90 Å². The van der Waals surface area contributed by atoms with E-state index in [1.807, 2.05) is 31.2 Å². The lowest BCUT2D eigenvalue weighted by Crippen LogP contribution is -2.29. The molecule has 0 fully saturated rings. The molecular weight excluding hydrogens is 492 g/mol. The van der Waals surface area contributed by atoms with Crippen LogP contribution in [0.4, 0.5) is 5.69 Å². The van der Waals surface area contributed by atoms with Crippen molar-refractivity contribution in [2.45, 2.75) is 11.8 Å². The first-order chi connectivity index (χ1) is 17.8. The molecule has 0 N–H and O–H groups in total. The molecule has 9 nitrogen and oxygen atoms in total. The molecule has 0 bridgehead atoms. The van der Waals surface area contributed by atoms with E-state index in [-0.39, 0.29) is 16.3 Å². The highest BCUT2D eigenvalue weighted by atomic mass is 32.2. The Bertz CT molecular complexity index is 1760. The van der Waals surface area contributed by atoms with E-state index >= 15 is 0 Å². The number of rotatable bonds is 5. The normalized spacial score (nSPS) is 13.3. The summed E-state index contributed by atoms with van der Waals surface area (Å²) in [6.45, 7) is 1.86. The number of carbonyl (C=O) groups excluding carboxylic acids is 2. The van der Waals surface area contributed by atoms with Crippen LogP contribution in [-0.2, 0) is 10.1 Å². The zero-order valence-corrected chi connectivity index (χ0v) is 20.2. The van der Waals surface area contributed by atoms with E-state index in [1.165, 1.54) is 29.1 Å². The molecule has 2 amide bonds. The number of nitrogens with zero attached hydrogens (tertiary/aromatic N) is 4. The first-order valence-electron chi connectivity index (χ1n) is 11.3. The summed E-state index contributed by atoms with van der Waals surface area (Å²) in [6, 6.07) is 24.2. The Morgan fingerprint density at radius 2 is 1.30 bits per heavy atom. The summed E-state index contributed by atoms with van der Waals surface area (Å²) in [7, 11) is -4.26. The highest BCUT2D eigenvalue weighted by Gasteiger charge is 2.36. The van der Waals surface area contributed by atoms with E-state index in [1.54, 1.807) is 42.5 Å². The quantitative estimate of drug-likeness (QED) is 0.256. The molecule has 4 aromatic carbocycles. The minimum atomic E-state index is -4.26. The summed E-state index contributed by atoms with van der Waals surface area (Å²) in [5, 5.41) is 8.87. The van der Waals surface area contributed by atoms with Crippen molar-refractivity contribution in [3.05, 3.63) is 108 Å². The Hall–Kier alpha value is -4.83. The van der Waals surface area contributed by atoms with Crippen molar-refractivity contribution in [2.24, 2.45) is 0 Å². The fourth-order valence-electron chi connectivity index (χ4n) is 4.17. The van der Waals surface area contributed by atoms with Gasteiger partial charge in [-0.05, 0) is 73.2 Å². The van der Waals surface area contributed by atoms with Crippen LogP contribution in [0.2, 0.25) is 0 Å². The van der Waals surface area contributed by atoms with Crippen molar-refractivity contribution >= 4 is 38.7 Å². The molecule has 0 saturated carbocycles. The Morgan fingerprint density at radius 1 is 0.730 bits per heavy atom. The standard InChI is InChI=1S/C27H18N4O5S/c1-17-10-15-25(24(16-17)31-28-22-8-4-5-9-23(22)29-31)36-37(34,35)19-13-11-18(12-14-19)30-26(32)20-6-2-3-7-21(20)27(30)33/h2-16H,1H3. The SMILES string of the molecule is Cc1ccc(OS(=O)(=O)c2ccc(N3C(=O)c4ccccc4C3=O)cc2)c(-n2nc3ccccc3n2)c1. The summed E-state index contributed by atoms with van der Waals surface area (Å²) in [6.07, 6.45) is 0. The highest BCUT2D eigenvalue weighted by Crippen LogP contribution is 2.31. The highest BCUT2D eigenvalue weighted by molar-refractivity contribution is 7.87. The van der Waals surface area contributed by atoms with Crippen molar-refractivity contribution in [3.63, 3.8) is 0 Å². The fraction of sp³-hybridized carbons (Fsp3) is 0.0370. The van der Waals surface area contributed by atoms with Crippen molar-refractivity contribution in [1.29, 1.82) is 0 Å². The van der Waals surface area contributed by atoms with Gasteiger partial charge < -0.3 is 4.18 Å². The lowest BCUT2D eigenvalue weighted by Gasteiger charge is -2.15. The second-order valence-corrected chi connectivity index (χ2v) is 10.0. The minimum absolute atomic E-state index is 0.0512. The summed E-state index contributed by atoms with van der Waals surface area (Å²) in [4.78, 5) is 27.7. The molecule has 0 unspecified atom stereocenters. The number of imide groups is 1. The predicted molar refractivity (Wildman–Crippen MR) is 135 cm³/mol. The maximum atomic E-state index is 13.2. The fourth-order valence-corrected chi connectivity index (χ4v) is 5.12. The van der Waals surface area contributed by atoms with Gasteiger partial charge in [-0.1, -0.05) is 30.3 Å². The van der Waals surface area contributed by atoms with E-state index in [9.17, 15) is 18.0 Å². The van der Waals surface area contributed by atoms with Crippen LogP contribution >= 0.6 is 0 Å². The zero-order chi connectivity index (χ0) is 25.7. The number of benzene rings is 4. The third-order valence-electron chi connectivity index (χ3n) is 5.99. The number of aryl methyl sites for hydroxylation is 1. The number of aromatic nitrogens is 3. The van der Waals surface area contributed by atoms with Gasteiger partial charge in [0.25, 0.3) is 11.8 Å². The summed E-state index contributed by atoms with van der Waals surface area (Å²) in [5.41, 5.74) is 3.41. The molecule has 2 heterocycles. The van der Waals surface area contributed by atoms with Crippen molar-refractivity contribution < 1.29 is 22.2 Å². The van der Waals surface area contributed by atoms with E-state index in [2.05, 4.69) is 10.2 Å². The molecule has 37 heavy (non-hydrogen) atoms. The van der Waals surface area contributed by atoms with E-state index in [4.69, 9.17) is 4.18 Å². The number of anilines is 1. The van der Waals surface area contributed by atoms with Gasteiger partial charge in [-0.2, -0.15) is 8.42 Å². The van der Waals surface area contributed by atoms with Gasteiger partial charge in [0.1, 0.15) is 21.6 Å². The second kappa shape index (κ2) is 8.38. The van der Waals surface area contributed by atoms with Crippen molar-refractivity contribution in [2.75, 3.05) is 4.90 Å². The first kappa shape index (κ1) is 22.6. The Morgan fingerprint density at radius 3 is 1.89 bits per heavy atom. The van der Waals surface area contributed by atoms with Gasteiger partial charge in [-0.3, -0.25) is 9.59 Å². The molecule has 1 aromatic heterocycles. The van der Waals surface area contributed by atoms with Crippen LogP contribution in [0.3, 0.4) is 0 Å². The van der Waals surface area contributed by atoms with Gasteiger partial charge in [0.05, 0.1) is 16.8 Å². The number of carbonyl (C=O) groups is 2. The molecule has 6 rings (SSSR count). The van der Waals surface area contributed by atoms with Gasteiger partial charge in [0, 0.05) is 0 Å². The van der Waals surface area contributed by atoms with E-state index in [0.717, 1.165) is 10.5 Å². The lowest BCUT2D eigenvalue weighted by atomic mass is 10.1. The average Bonchev–Trinajstić information content (AvgIpc) is 3.44. The van der Waals surface area contributed by atoms with Gasteiger partial charge >= 0.3 is 10.1 Å². The van der Waals surface area contributed by atoms with Crippen molar-refractivity contribution in [1.82, 2.24) is 15.0 Å². The molecule has 5 aromatic rings. The molecule has 182 valence electrons. The van der Waals surface area contributed by atoms with Crippen LogP contribution in [0.5, 0.6) is 5.75 Å². The minimum Gasteiger partial charge on any atom is -0.377 e. The predicted octanol–water partition coefficient (Wildman–Crippen LogP) is 4.30. The maximum Gasteiger partial charge on any atom is 0.339 e. The Balaban J connectivity index is 1.31. The molecule has 10 heteroatoms. The van der Waals surface area contributed by atoms with Gasteiger partial charge in [-0.15, -0.1) is 15.0 Å². The Labute approximate surface area is 211 Å². The lowest BCUT2D eigenvalue weighted by molar-refractivity contribution is 0.0926. The molecule has 0 saturated heterocycles. The second-order valence-electron chi connectivity index (χ2n) is 8.47. The molecule has 0 spiro atoms. The van der Waals surface area contributed by atoms with Gasteiger partial charge in [0.2, 0.25) is 0 Å². The van der Waals surface area contributed by atoms with Crippen LogP contribution in [0.15, 0.2) is 95.9 Å². The van der Waals surface area contributed by atoms with Crippen LogP contribution in [-0.4, -0.2) is 35.2 Å². The van der Waals surface area contributed by atoms with Crippen LogP contribution in [0.1, 0.15) is 26.3 Å². The maximum absolute atomic E-state index is 13.2. The zero-order valence-electron chi connectivity index (χ0n) is 19.4. The molecule has 0 atom stereocenters. The first-order valence-corrected chi connectivity index (χ1v) is 12.7. The third-order valence-corrected chi connectivity index (χ3v) is 7.24. The van der Waals surface area contributed by atoms with Crippen LogP contribution in [0, 0.1) is 6.92 Å². The van der Waals surface area contributed by atoms with E-state index < -0.39 is 21.9 Å². The molecule has 0 radical (unpaired) electrons. The largest absolute Gasteiger partial charge is 0.377 e. The molecule has 1 aliphatic heterocycles. The topological polar surface area (TPSA) is 111 Å². The van der Waals surface area contributed by atoms with Crippen LogP contribution < -0.4 is 9.08 Å². The van der Waals surface area contributed by atoms with Crippen LogP contribution in [0.25, 0.3) is 16.7 Å². The smallest absolute Gasteiger partial charge is 0.339 e. The number of hydrogen-bond donors (Lipinski definition) is 0. The molecule has 0 aliphatic carbocycles. The Kier molecular flexibility index (Phi) is 5.13. The third kappa shape index (κ3) is 3.83. The monoisotopic (exact) mass is 510 g/mol. The van der Waals surface area contributed by atoms with Crippen molar-refractivity contribution in [3.8, 4) is 11.4 Å². The van der Waals surface area contributed by atoms with Gasteiger partial charge in [0.15, 0.2) is 5.75 Å². The molecule has 1 aliphatic rings. The summed E-state index contributed by atoms with van der Waals surface area (Å²) >= 11 is 0. The average molecular weight is 511 g/mol. The number of fused-ring (bicyclic) bond motifs is 2. The number of hydrogen-bond acceptors (Lipinski definition) is 7. The summed E-state index contributed by atoms with van der Waals surface area (Å²) in [5.74, 6) is -0.873.